The van der Waals surface area contributed by atoms with Gasteiger partial charge in [-0.25, -0.2) is 0 Å². The first-order chi connectivity index (χ1) is 10.6. The highest BCUT2D eigenvalue weighted by Crippen LogP contribution is 2.06. The van der Waals surface area contributed by atoms with Crippen LogP contribution >= 0.6 is 0 Å². The van der Waals surface area contributed by atoms with Gasteiger partial charge in [-0.2, -0.15) is 0 Å². The largest absolute Gasteiger partial charge is 0.399 e. The first-order valence-electron chi connectivity index (χ1n) is 8.06. The average Bonchev–Trinajstić information content (AvgIpc) is 2.57. The molecule has 1 nitrogen and oxygen atoms in total. The monoisotopic (exact) mass is 303 g/mol. The fourth-order valence-corrected chi connectivity index (χ4v) is 1.08. The zero-order chi connectivity index (χ0) is 18.4. The molecular weight excluding hydrogens is 266 g/mol. The summed E-state index contributed by atoms with van der Waals surface area (Å²) in [7, 11) is 0. The predicted octanol–water partition coefficient (Wildman–Crippen LogP) is 6.89. The molecule has 0 aromatic heterocycles. The molecule has 0 saturated carbocycles. The summed E-state index contributed by atoms with van der Waals surface area (Å²) in [5, 5.41) is 0. The number of hydrogen-bond donors (Lipinski definition) is 1. The second-order valence-corrected chi connectivity index (χ2v) is 3.16. The Morgan fingerprint density at radius 1 is 0.818 bits per heavy atom. The molecule has 2 N–H and O–H groups in total. The van der Waals surface area contributed by atoms with Crippen LogP contribution in [0.5, 0.6) is 0 Å². The van der Waals surface area contributed by atoms with E-state index in [1.54, 1.807) is 18.2 Å². The number of allylic oxidation sites excluding steroid dienone is 10. The topological polar surface area (TPSA) is 26.0 Å². The minimum Gasteiger partial charge on any atom is -0.399 e. The van der Waals surface area contributed by atoms with Crippen molar-refractivity contribution in [2.75, 3.05) is 0 Å². The first kappa shape index (κ1) is 28.2. The summed E-state index contributed by atoms with van der Waals surface area (Å²) >= 11 is 0. The van der Waals surface area contributed by atoms with E-state index in [1.807, 2.05) is 78.8 Å². The van der Waals surface area contributed by atoms with E-state index in [0.29, 0.717) is 5.70 Å². The van der Waals surface area contributed by atoms with E-state index in [0.717, 1.165) is 11.1 Å². The molecule has 0 aliphatic heterocycles. The Morgan fingerprint density at radius 3 is 1.59 bits per heavy atom. The molecule has 0 aliphatic rings. The third-order valence-corrected chi connectivity index (χ3v) is 1.73. The Labute approximate surface area is 140 Å². The Morgan fingerprint density at radius 2 is 1.27 bits per heavy atom. The molecule has 0 spiro atoms. The minimum atomic E-state index is 0.514. The van der Waals surface area contributed by atoms with Gasteiger partial charge in [-0.1, -0.05) is 104 Å². The molecule has 0 fully saturated rings. The molecule has 126 valence electrons. The van der Waals surface area contributed by atoms with E-state index >= 15 is 0 Å². The van der Waals surface area contributed by atoms with Gasteiger partial charge in [-0.05, 0) is 24.1 Å². The molecule has 0 bridgehead atoms. The maximum Gasteiger partial charge on any atom is 0.0246 e. The second-order valence-electron chi connectivity index (χ2n) is 3.16. The zero-order valence-electron chi connectivity index (χ0n) is 15.8. The highest BCUT2D eigenvalue weighted by molar-refractivity contribution is 5.41. The maximum absolute atomic E-state index is 5.50. The Hall–Kier alpha value is -2.02. The highest BCUT2D eigenvalue weighted by atomic mass is 14.5. The Bertz CT molecular complexity index is 373. The van der Waals surface area contributed by atoms with Crippen LogP contribution in [0.4, 0.5) is 0 Å². The van der Waals surface area contributed by atoms with Crippen LogP contribution in [-0.2, 0) is 0 Å². The van der Waals surface area contributed by atoms with Gasteiger partial charge >= 0.3 is 0 Å². The van der Waals surface area contributed by atoms with E-state index in [4.69, 9.17) is 5.73 Å². The molecule has 0 rings (SSSR count). The summed E-state index contributed by atoms with van der Waals surface area (Å²) in [4.78, 5) is 0. The van der Waals surface area contributed by atoms with Crippen molar-refractivity contribution >= 4 is 0 Å². The predicted molar refractivity (Wildman–Crippen MR) is 108 cm³/mol. The fourth-order valence-electron chi connectivity index (χ4n) is 1.08. The molecule has 0 saturated heterocycles. The van der Waals surface area contributed by atoms with Crippen LogP contribution in [0.15, 0.2) is 85.2 Å². The lowest BCUT2D eigenvalue weighted by molar-refractivity contribution is 1.43. The summed E-state index contributed by atoms with van der Waals surface area (Å²) in [5.41, 5.74) is 8.00. The van der Waals surface area contributed by atoms with Crippen molar-refractivity contribution in [2.45, 2.75) is 48.5 Å². The van der Waals surface area contributed by atoms with E-state index in [2.05, 4.69) is 19.7 Å². The van der Waals surface area contributed by atoms with Crippen LogP contribution < -0.4 is 5.73 Å². The molecule has 0 radical (unpaired) electrons. The lowest BCUT2D eigenvalue weighted by atomic mass is 10.1. The van der Waals surface area contributed by atoms with Crippen molar-refractivity contribution in [1.29, 1.82) is 0 Å². The summed E-state index contributed by atoms with van der Waals surface area (Å²) in [6.07, 6.45) is 15.0. The van der Waals surface area contributed by atoms with Crippen molar-refractivity contribution in [3.05, 3.63) is 85.2 Å². The third kappa shape index (κ3) is 23.1. The standard InChI is InChI=1S/C15H19N.3C2H6/c1-5-8-15(9-6-2)11-10-14(7-3)12-13(4)16;3*1-2/h5-12H,1,3-4,16H2,2H3;3*1-2H3/b9-6-,11-10+,14-12+,15-8+;;;. The number of nitrogens with two attached hydrogens (primary N) is 1. The lowest BCUT2D eigenvalue weighted by Gasteiger charge is -1.95. The summed E-state index contributed by atoms with van der Waals surface area (Å²) in [6.45, 7) is 25.0. The lowest BCUT2D eigenvalue weighted by Crippen LogP contribution is -1.90. The first-order valence-corrected chi connectivity index (χ1v) is 8.06. The molecular formula is C21H37N. The molecule has 1 heteroatoms. The van der Waals surface area contributed by atoms with Gasteiger partial charge in [0.25, 0.3) is 0 Å². The van der Waals surface area contributed by atoms with Gasteiger partial charge < -0.3 is 5.73 Å². The molecule has 0 heterocycles. The fraction of sp³-hybridized carbons (Fsp3) is 0.333. The van der Waals surface area contributed by atoms with Crippen molar-refractivity contribution in [1.82, 2.24) is 0 Å². The molecule has 22 heavy (non-hydrogen) atoms. The van der Waals surface area contributed by atoms with Crippen molar-refractivity contribution in [2.24, 2.45) is 5.73 Å². The number of hydrogen-bond acceptors (Lipinski definition) is 1. The summed E-state index contributed by atoms with van der Waals surface area (Å²) in [5.74, 6) is 0. The van der Waals surface area contributed by atoms with Crippen LogP contribution in [0, 0.1) is 0 Å². The normalized spacial score (nSPS) is 10.5. The smallest absolute Gasteiger partial charge is 0.0246 e. The van der Waals surface area contributed by atoms with Crippen molar-refractivity contribution in [3.8, 4) is 0 Å². The van der Waals surface area contributed by atoms with E-state index in [-0.39, 0.29) is 0 Å². The molecule has 0 atom stereocenters. The SMILES string of the molecule is C=C/C=C(\C=C/C)/C=C/C(C=C)=C/C(=C)N.CC.CC.CC. The van der Waals surface area contributed by atoms with Gasteiger partial charge in [0, 0.05) is 5.70 Å². The van der Waals surface area contributed by atoms with Gasteiger partial charge in [-0.3, -0.25) is 0 Å². The molecule has 0 unspecified atom stereocenters. The quantitative estimate of drug-likeness (QED) is 0.531. The zero-order valence-corrected chi connectivity index (χ0v) is 15.8. The Balaban J connectivity index is -0.000000238. The van der Waals surface area contributed by atoms with E-state index < -0.39 is 0 Å². The van der Waals surface area contributed by atoms with Gasteiger partial charge in [0.2, 0.25) is 0 Å². The highest BCUT2D eigenvalue weighted by Gasteiger charge is 1.87. The van der Waals surface area contributed by atoms with Crippen molar-refractivity contribution < 1.29 is 0 Å². The molecule has 0 aromatic carbocycles. The minimum absolute atomic E-state index is 0.514. The van der Waals surface area contributed by atoms with Gasteiger partial charge in [0.1, 0.15) is 0 Å². The van der Waals surface area contributed by atoms with Crippen molar-refractivity contribution in [3.63, 3.8) is 0 Å². The van der Waals surface area contributed by atoms with Crippen LogP contribution in [0.1, 0.15) is 48.5 Å². The van der Waals surface area contributed by atoms with Gasteiger partial charge in [0.05, 0.1) is 0 Å². The molecule has 0 aliphatic carbocycles. The molecule has 0 amide bonds. The van der Waals surface area contributed by atoms with Gasteiger partial charge in [0.15, 0.2) is 0 Å². The van der Waals surface area contributed by atoms with E-state index in [1.165, 1.54) is 0 Å². The maximum atomic E-state index is 5.50. The second kappa shape index (κ2) is 27.3. The van der Waals surface area contributed by atoms with Crippen LogP contribution in [-0.4, -0.2) is 0 Å². The average molecular weight is 304 g/mol. The van der Waals surface area contributed by atoms with Gasteiger partial charge in [-0.15, -0.1) is 0 Å². The third-order valence-electron chi connectivity index (χ3n) is 1.73. The summed E-state index contributed by atoms with van der Waals surface area (Å²) in [6, 6.07) is 0. The van der Waals surface area contributed by atoms with Crippen LogP contribution in [0.2, 0.25) is 0 Å². The Kier molecular flexibility index (Phi) is 35.0. The van der Waals surface area contributed by atoms with Crippen LogP contribution in [0.25, 0.3) is 0 Å². The van der Waals surface area contributed by atoms with E-state index in [9.17, 15) is 0 Å². The van der Waals surface area contributed by atoms with Crippen LogP contribution in [0.3, 0.4) is 0 Å². The number of rotatable bonds is 6. The summed E-state index contributed by atoms with van der Waals surface area (Å²) < 4.78 is 0. The molecule has 0 aromatic rings.